The molecule has 0 unspecified atom stereocenters. The summed E-state index contributed by atoms with van der Waals surface area (Å²) in [4.78, 5) is 20.2. The number of nitrogens with zero attached hydrogens (tertiary/aromatic N) is 6. The standard InChI is InChI=1S/C18H20N6OS/c1-12-16(26-18(19-12)22-7-2-3-8-22)17(25)23-9-6-14(10-23)24-11-15(20-21-24)13-4-5-13/h2-3,7-8,11,13-14H,4-6,9-10H2,1H3/t14-/m0/s1. The number of thiazole rings is 1. The van der Waals surface area contributed by atoms with Gasteiger partial charge in [0.25, 0.3) is 5.91 Å². The fourth-order valence-electron chi connectivity index (χ4n) is 3.47. The fourth-order valence-corrected chi connectivity index (χ4v) is 4.48. The molecule has 1 saturated heterocycles. The molecular weight excluding hydrogens is 348 g/mol. The van der Waals surface area contributed by atoms with E-state index in [4.69, 9.17) is 0 Å². The molecule has 0 aromatic carbocycles. The van der Waals surface area contributed by atoms with Crippen molar-refractivity contribution in [1.82, 2.24) is 29.4 Å². The number of rotatable bonds is 4. The summed E-state index contributed by atoms with van der Waals surface area (Å²) < 4.78 is 3.89. The van der Waals surface area contributed by atoms with Crippen molar-refractivity contribution in [3.05, 3.63) is 47.0 Å². The van der Waals surface area contributed by atoms with E-state index in [0.29, 0.717) is 12.5 Å². The van der Waals surface area contributed by atoms with Gasteiger partial charge in [-0.1, -0.05) is 16.6 Å². The average Bonchev–Trinajstić information content (AvgIpc) is 3.15. The molecule has 1 aliphatic carbocycles. The van der Waals surface area contributed by atoms with E-state index >= 15 is 0 Å². The van der Waals surface area contributed by atoms with Gasteiger partial charge < -0.3 is 9.47 Å². The lowest BCUT2D eigenvalue weighted by atomic mass is 10.2. The summed E-state index contributed by atoms with van der Waals surface area (Å²) in [6.45, 7) is 3.34. The Kier molecular flexibility index (Phi) is 3.66. The minimum absolute atomic E-state index is 0.0726. The maximum Gasteiger partial charge on any atom is 0.265 e. The van der Waals surface area contributed by atoms with Crippen LogP contribution in [0.25, 0.3) is 5.13 Å². The van der Waals surface area contributed by atoms with Crippen molar-refractivity contribution in [2.75, 3.05) is 13.1 Å². The molecule has 0 radical (unpaired) electrons. The summed E-state index contributed by atoms with van der Waals surface area (Å²) in [6.07, 6.45) is 9.33. The fraction of sp³-hybridized carbons (Fsp3) is 0.444. The second-order valence-corrected chi connectivity index (χ2v) is 8.07. The molecule has 1 atom stereocenters. The number of aromatic nitrogens is 5. The third kappa shape index (κ3) is 2.74. The molecule has 8 heteroatoms. The quantitative estimate of drug-likeness (QED) is 0.710. The molecule has 26 heavy (non-hydrogen) atoms. The van der Waals surface area contributed by atoms with Gasteiger partial charge in [0.2, 0.25) is 0 Å². The van der Waals surface area contributed by atoms with Gasteiger partial charge in [0.05, 0.1) is 17.4 Å². The van der Waals surface area contributed by atoms with Crippen LogP contribution >= 0.6 is 11.3 Å². The van der Waals surface area contributed by atoms with Crippen molar-refractivity contribution in [3.63, 3.8) is 0 Å². The Morgan fingerprint density at radius 2 is 2.04 bits per heavy atom. The van der Waals surface area contributed by atoms with Crippen molar-refractivity contribution in [3.8, 4) is 5.13 Å². The number of likely N-dealkylation sites (tertiary alicyclic amines) is 1. The summed E-state index contributed by atoms with van der Waals surface area (Å²) in [6, 6.07) is 4.13. The first-order valence-electron chi connectivity index (χ1n) is 9.01. The first-order valence-corrected chi connectivity index (χ1v) is 9.82. The molecular formula is C18H20N6OS. The highest BCUT2D eigenvalue weighted by Gasteiger charge is 2.32. The third-order valence-electron chi connectivity index (χ3n) is 5.15. The van der Waals surface area contributed by atoms with Gasteiger partial charge in [0, 0.05) is 37.6 Å². The predicted octanol–water partition coefficient (Wildman–Crippen LogP) is 2.80. The highest BCUT2D eigenvalue weighted by Crippen LogP contribution is 2.39. The molecule has 4 heterocycles. The van der Waals surface area contributed by atoms with Gasteiger partial charge in [-0.25, -0.2) is 9.67 Å². The molecule has 7 nitrogen and oxygen atoms in total. The van der Waals surface area contributed by atoms with Gasteiger partial charge in [-0.15, -0.1) is 5.10 Å². The average molecular weight is 368 g/mol. The molecule has 1 saturated carbocycles. The summed E-state index contributed by atoms with van der Waals surface area (Å²) in [5, 5.41) is 9.42. The maximum atomic E-state index is 13.0. The Morgan fingerprint density at radius 1 is 1.23 bits per heavy atom. The second kappa shape index (κ2) is 6.05. The molecule has 2 aliphatic rings. The van der Waals surface area contributed by atoms with Gasteiger partial charge in [-0.05, 0) is 38.3 Å². The van der Waals surface area contributed by atoms with Gasteiger partial charge in [0.15, 0.2) is 5.13 Å². The minimum atomic E-state index is 0.0726. The predicted molar refractivity (Wildman–Crippen MR) is 97.7 cm³/mol. The zero-order valence-corrected chi connectivity index (χ0v) is 15.4. The molecule has 3 aromatic heterocycles. The topological polar surface area (TPSA) is 68.8 Å². The smallest absolute Gasteiger partial charge is 0.265 e. The van der Waals surface area contributed by atoms with E-state index in [1.807, 2.05) is 45.6 Å². The molecule has 1 amide bonds. The zero-order chi connectivity index (χ0) is 17.7. The van der Waals surface area contributed by atoms with Crippen LogP contribution in [0.4, 0.5) is 0 Å². The number of hydrogen-bond acceptors (Lipinski definition) is 5. The van der Waals surface area contributed by atoms with Crippen LogP contribution in [-0.4, -0.2) is 48.4 Å². The number of carbonyl (C=O) groups excluding carboxylic acids is 1. The number of carbonyl (C=O) groups is 1. The van der Waals surface area contributed by atoms with Gasteiger partial charge >= 0.3 is 0 Å². The lowest BCUT2D eigenvalue weighted by Gasteiger charge is -2.15. The Bertz CT molecular complexity index is 939. The number of amides is 1. The number of aryl methyl sites for hydroxylation is 1. The van der Waals surface area contributed by atoms with Crippen LogP contribution in [0.1, 0.15) is 52.3 Å². The summed E-state index contributed by atoms with van der Waals surface area (Å²) in [7, 11) is 0. The van der Waals surface area contributed by atoms with Gasteiger partial charge in [-0.2, -0.15) is 0 Å². The highest BCUT2D eigenvalue weighted by molar-refractivity contribution is 7.16. The van der Waals surface area contributed by atoms with Crippen molar-refractivity contribution < 1.29 is 4.79 Å². The first-order chi connectivity index (χ1) is 12.7. The van der Waals surface area contributed by atoms with Crippen molar-refractivity contribution in [2.24, 2.45) is 0 Å². The molecule has 5 rings (SSSR count). The molecule has 3 aromatic rings. The van der Waals surface area contributed by atoms with Crippen molar-refractivity contribution in [1.29, 1.82) is 0 Å². The van der Waals surface area contributed by atoms with Gasteiger partial charge in [-0.3, -0.25) is 4.79 Å². The van der Waals surface area contributed by atoms with Crippen LogP contribution in [0, 0.1) is 6.92 Å². The Balaban J connectivity index is 1.31. The minimum Gasteiger partial charge on any atom is -0.336 e. The highest BCUT2D eigenvalue weighted by atomic mass is 32.1. The van der Waals surface area contributed by atoms with E-state index in [0.717, 1.165) is 34.4 Å². The summed E-state index contributed by atoms with van der Waals surface area (Å²) >= 11 is 1.45. The monoisotopic (exact) mass is 368 g/mol. The van der Waals surface area contributed by atoms with E-state index in [1.165, 1.54) is 24.2 Å². The van der Waals surface area contributed by atoms with E-state index in [-0.39, 0.29) is 11.9 Å². The Morgan fingerprint density at radius 3 is 2.81 bits per heavy atom. The van der Waals surface area contributed by atoms with Crippen molar-refractivity contribution in [2.45, 2.75) is 38.1 Å². The van der Waals surface area contributed by atoms with Crippen LogP contribution in [0.15, 0.2) is 30.7 Å². The largest absolute Gasteiger partial charge is 0.336 e. The lowest BCUT2D eigenvalue weighted by Crippen LogP contribution is -2.29. The molecule has 1 aliphatic heterocycles. The molecule has 0 bridgehead atoms. The van der Waals surface area contributed by atoms with Crippen LogP contribution < -0.4 is 0 Å². The molecule has 0 spiro atoms. The Labute approximate surface area is 155 Å². The van der Waals surface area contributed by atoms with Crippen LogP contribution in [0.5, 0.6) is 0 Å². The van der Waals surface area contributed by atoms with Crippen LogP contribution in [-0.2, 0) is 0 Å². The third-order valence-corrected chi connectivity index (χ3v) is 6.31. The SMILES string of the molecule is Cc1nc(-n2cccc2)sc1C(=O)N1CC[C@H](n2cc(C3CC3)nn2)C1. The van der Waals surface area contributed by atoms with Crippen LogP contribution in [0.2, 0.25) is 0 Å². The van der Waals surface area contributed by atoms with Crippen molar-refractivity contribution >= 4 is 17.2 Å². The zero-order valence-electron chi connectivity index (χ0n) is 14.6. The molecule has 0 N–H and O–H groups in total. The van der Waals surface area contributed by atoms with E-state index in [9.17, 15) is 4.79 Å². The lowest BCUT2D eigenvalue weighted by molar-refractivity contribution is 0.0790. The summed E-state index contributed by atoms with van der Waals surface area (Å²) in [5.41, 5.74) is 1.90. The van der Waals surface area contributed by atoms with E-state index < -0.39 is 0 Å². The van der Waals surface area contributed by atoms with E-state index in [2.05, 4.69) is 21.5 Å². The number of hydrogen-bond donors (Lipinski definition) is 0. The first kappa shape index (κ1) is 15.7. The van der Waals surface area contributed by atoms with Crippen LogP contribution in [0.3, 0.4) is 0 Å². The Hall–Kier alpha value is -2.48. The summed E-state index contributed by atoms with van der Waals surface area (Å²) in [5.74, 6) is 0.679. The second-order valence-electron chi connectivity index (χ2n) is 7.09. The molecule has 2 fully saturated rings. The maximum absolute atomic E-state index is 13.0. The van der Waals surface area contributed by atoms with Gasteiger partial charge in [0.1, 0.15) is 4.88 Å². The normalized spacial score (nSPS) is 20.0. The van der Waals surface area contributed by atoms with E-state index in [1.54, 1.807) is 0 Å². The molecule has 134 valence electrons.